The first kappa shape index (κ1) is 19.3. The van der Waals surface area contributed by atoms with Gasteiger partial charge in [-0.3, -0.25) is 4.79 Å². The van der Waals surface area contributed by atoms with Gasteiger partial charge in [-0.25, -0.2) is 0 Å². The number of rotatable bonds is 0. The van der Waals surface area contributed by atoms with Crippen LogP contribution in [0.15, 0.2) is 41.8 Å². The maximum absolute atomic E-state index is 14.4. The lowest BCUT2D eigenvalue weighted by atomic mass is 9.67. The summed E-state index contributed by atoms with van der Waals surface area (Å²) in [5.41, 5.74) is 10.4. The molecule has 6 heteroatoms. The first-order valence-electron chi connectivity index (χ1n) is 10.2. The summed E-state index contributed by atoms with van der Waals surface area (Å²) in [6.07, 6.45) is 2.08. The van der Waals surface area contributed by atoms with Crippen LogP contribution in [-0.2, 0) is 10.2 Å². The van der Waals surface area contributed by atoms with Crippen LogP contribution in [0.25, 0.3) is 5.57 Å². The SMILES string of the molecule is CC1=CC(C)(C)N2C(=O)[C@]3(C(C#N)=C(N)Oc4cc(O)ccc43)c3c(C)c(C)cc1c32. The van der Waals surface area contributed by atoms with Gasteiger partial charge in [-0.15, -0.1) is 0 Å². The number of phenolic OH excluding ortho intramolecular Hbond substituents is 1. The molecule has 6 nitrogen and oxygen atoms in total. The number of anilines is 1. The van der Waals surface area contributed by atoms with E-state index in [0.29, 0.717) is 5.56 Å². The molecule has 0 saturated heterocycles. The third-order valence-electron chi connectivity index (χ3n) is 6.83. The number of aryl methyl sites for hydroxylation is 1. The Bertz CT molecular complexity index is 1330. The number of carbonyl (C=O) groups is 1. The number of benzene rings is 2. The third kappa shape index (κ3) is 2.08. The average Bonchev–Trinajstić information content (AvgIpc) is 2.94. The van der Waals surface area contributed by atoms with Crippen molar-refractivity contribution in [3.63, 3.8) is 0 Å². The minimum Gasteiger partial charge on any atom is -0.508 e. The molecule has 3 N–H and O–H groups in total. The average molecular weight is 413 g/mol. The van der Waals surface area contributed by atoms with E-state index in [-0.39, 0.29) is 28.9 Å². The van der Waals surface area contributed by atoms with Crippen LogP contribution >= 0.6 is 0 Å². The molecule has 0 aliphatic carbocycles. The Balaban J connectivity index is 2.03. The summed E-state index contributed by atoms with van der Waals surface area (Å²) in [5, 5.41) is 20.2. The Morgan fingerprint density at radius 2 is 1.90 bits per heavy atom. The zero-order chi connectivity index (χ0) is 22.5. The molecule has 1 amide bonds. The molecule has 156 valence electrons. The first-order chi connectivity index (χ1) is 14.6. The molecule has 31 heavy (non-hydrogen) atoms. The van der Waals surface area contributed by atoms with Crippen molar-refractivity contribution in [2.24, 2.45) is 5.73 Å². The van der Waals surface area contributed by atoms with Gasteiger partial charge in [0.1, 0.15) is 28.6 Å². The number of nitrogens with two attached hydrogens (primary N) is 1. The molecule has 0 fully saturated rings. The molecule has 1 atom stereocenters. The molecule has 0 radical (unpaired) electrons. The highest BCUT2D eigenvalue weighted by Crippen LogP contribution is 2.61. The summed E-state index contributed by atoms with van der Waals surface area (Å²) in [4.78, 5) is 16.2. The van der Waals surface area contributed by atoms with Gasteiger partial charge in [0.15, 0.2) is 0 Å². The normalized spacial score (nSPS) is 22.6. The molecule has 3 heterocycles. The Labute approximate surface area is 180 Å². The Morgan fingerprint density at radius 1 is 1.19 bits per heavy atom. The van der Waals surface area contributed by atoms with E-state index < -0.39 is 11.0 Å². The van der Waals surface area contributed by atoms with Crippen molar-refractivity contribution in [2.75, 3.05) is 4.90 Å². The van der Waals surface area contributed by atoms with Crippen molar-refractivity contribution in [3.05, 3.63) is 69.6 Å². The standard InChI is InChI=1S/C25H23N3O3/c1-12-8-16-13(2)10-24(4,5)28-21(16)20(14(12)3)25(23(28)30)17-7-6-15(29)9-19(17)31-22(27)18(25)11-26/h6-10,29H,27H2,1-5H3/t25-/m1/s1. The van der Waals surface area contributed by atoms with E-state index in [2.05, 4.69) is 18.2 Å². The van der Waals surface area contributed by atoms with Crippen molar-refractivity contribution >= 4 is 17.2 Å². The number of amides is 1. The number of aromatic hydroxyl groups is 1. The Hall–Kier alpha value is -3.72. The largest absolute Gasteiger partial charge is 0.508 e. The van der Waals surface area contributed by atoms with Gasteiger partial charge in [-0.05, 0) is 69.5 Å². The maximum Gasteiger partial charge on any atom is 0.248 e. The number of hydrogen-bond acceptors (Lipinski definition) is 5. The number of allylic oxidation sites excluding steroid dienone is 1. The second-order valence-electron chi connectivity index (χ2n) is 9.09. The fourth-order valence-electron chi connectivity index (χ4n) is 5.51. The molecule has 1 spiro atoms. The molecule has 2 aromatic carbocycles. The van der Waals surface area contributed by atoms with Gasteiger partial charge >= 0.3 is 0 Å². The summed E-state index contributed by atoms with van der Waals surface area (Å²) in [6.45, 7) is 10.0. The van der Waals surface area contributed by atoms with Gasteiger partial charge in [-0.2, -0.15) is 5.26 Å². The molecule has 2 aromatic rings. The van der Waals surface area contributed by atoms with Crippen LogP contribution in [0.5, 0.6) is 11.5 Å². The molecule has 0 aromatic heterocycles. The van der Waals surface area contributed by atoms with Crippen molar-refractivity contribution in [1.29, 1.82) is 5.26 Å². The number of ether oxygens (including phenoxy) is 1. The van der Waals surface area contributed by atoms with Crippen LogP contribution in [0.4, 0.5) is 5.69 Å². The van der Waals surface area contributed by atoms with E-state index in [0.717, 1.165) is 33.5 Å². The lowest BCUT2D eigenvalue weighted by Crippen LogP contribution is -2.53. The van der Waals surface area contributed by atoms with E-state index in [1.54, 1.807) is 11.0 Å². The molecule has 0 bridgehead atoms. The van der Waals surface area contributed by atoms with E-state index in [1.807, 2.05) is 34.6 Å². The Morgan fingerprint density at radius 3 is 2.58 bits per heavy atom. The molecule has 3 aliphatic heterocycles. The fourth-order valence-corrected chi connectivity index (χ4v) is 5.51. The van der Waals surface area contributed by atoms with Gasteiger partial charge in [0.25, 0.3) is 0 Å². The first-order valence-corrected chi connectivity index (χ1v) is 10.2. The number of fused-ring (bicyclic) bond motifs is 3. The number of phenols is 1. The van der Waals surface area contributed by atoms with Crippen LogP contribution in [0.2, 0.25) is 0 Å². The number of hydrogen-bond donors (Lipinski definition) is 2. The van der Waals surface area contributed by atoms with Gasteiger partial charge in [0.05, 0.1) is 11.2 Å². The van der Waals surface area contributed by atoms with Gasteiger partial charge in [-0.1, -0.05) is 6.08 Å². The van der Waals surface area contributed by atoms with Crippen molar-refractivity contribution in [3.8, 4) is 17.6 Å². The van der Waals surface area contributed by atoms with Crippen LogP contribution in [-0.4, -0.2) is 16.6 Å². The summed E-state index contributed by atoms with van der Waals surface area (Å²) in [7, 11) is 0. The predicted octanol–water partition coefficient (Wildman–Crippen LogP) is 3.92. The zero-order valence-corrected chi connectivity index (χ0v) is 18.1. The van der Waals surface area contributed by atoms with Gasteiger partial charge in [0, 0.05) is 22.8 Å². The third-order valence-corrected chi connectivity index (χ3v) is 6.83. The van der Waals surface area contributed by atoms with Crippen LogP contribution in [0, 0.1) is 25.2 Å². The van der Waals surface area contributed by atoms with E-state index in [1.165, 1.54) is 12.1 Å². The van der Waals surface area contributed by atoms with E-state index in [4.69, 9.17) is 10.5 Å². The van der Waals surface area contributed by atoms with Gasteiger partial charge in [0.2, 0.25) is 11.8 Å². The molecule has 5 rings (SSSR count). The number of nitriles is 1. The minimum atomic E-state index is -1.43. The molecule has 0 saturated carbocycles. The number of nitrogens with zero attached hydrogens (tertiary/aromatic N) is 2. The summed E-state index contributed by atoms with van der Waals surface area (Å²) in [5.74, 6) is -0.0813. The second kappa shape index (κ2) is 5.70. The molecule has 3 aliphatic rings. The van der Waals surface area contributed by atoms with Gasteiger partial charge < -0.3 is 20.5 Å². The quantitative estimate of drug-likeness (QED) is 0.682. The van der Waals surface area contributed by atoms with E-state index in [9.17, 15) is 15.2 Å². The second-order valence-corrected chi connectivity index (χ2v) is 9.09. The zero-order valence-electron chi connectivity index (χ0n) is 18.1. The van der Waals surface area contributed by atoms with Crippen molar-refractivity contribution < 1.29 is 14.6 Å². The lowest BCUT2D eigenvalue weighted by molar-refractivity contribution is -0.121. The minimum absolute atomic E-state index is 0.00607. The predicted molar refractivity (Wildman–Crippen MR) is 117 cm³/mol. The lowest BCUT2D eigenvalue weighted by Gasteiger charge is -2.40. The Kier molecular flexibility index (Phi) is 3.54. The summed E-state index contributed by atoms with van der Waals surface area (Å²) < 4.78 is 5.72. The number of carbonyl (C=O) groups excluding carboxylic acids is 1. The summed E-state index contributed by atoms with van der Waals surface area (Å²) >= 11 is 0. The van der Waals surface area contributed by atoms with Crippen molar-refractivity contribution in [1.82, 2.24) is 0 Å². The highest BCUT2D eigenvalue weighted by atomic mass is 16.5. The van der Waals surface area contributed by atoms with Crippen molar-refractivity contribution in [2.45, 2.75) is 45.6 Å². The fraction of sp³-hybridized carbons (Fsp3) is 0.280. The molecular formula is C25H23N3O3. The maximum atomic E-state index is 14.4. The van der Waals surface area contributed by atoms with Crippen LogP contribution in [0.3, 0.4) is 0 Å². The molecule has 0 unspecified atom stereocenters. The van der Waals surface area contributed by atoms with Crippen LogP contribution in [0.1, 0.15) is 48.6 Å². The van der Waals surface area contributed by atoms with E-state index >= 15 is 0 Å². The topological polar surface area (TPSA) is 99.6 Å². The smallest absolute Gasteiger partial charge is 0.248 e. The highest BCUT2D eigenvalue weighted by molar-refractivity contribution is 6.18. The monoisotopic (exact) mass is 413 g/mol. The highest BCUT2D eigenvalue weighted by Gasteiger charge is 2.63. The molecular weight excluding hydrogens is 390 g/mol. The summed E-state index contributed by atoms with van der Waals surface area (Å²) in [6, 6.07) is 8.90. The van der Waals surface area contributed by atoms with Crippen LogP contribution < -0.4 is 15.4 Å².